The van der Waals surface area contributed by atoms with Crippen LogP contribution in [-0.2, 0) is 24.1 Å². The lowest BCUT2D eigenvalue weighted by Gasteiger charge is -2.48. The number of hydrogen-bond donors (Lipinski definition) is 0. The molecule has 0 spiro atoms. The summed E-state index contributed by atoms with van der Waals surface area (Å²) in [7, 11) is 0. The molecular formula is C21H24F3N3O2. The van der Waals surface area contributed by atoms with Gasteiger partial charge in [0.15, 0.2) is 5.89 Å². The van der Waals surface area contributed by atoms with Gasteiger partial charge in [0, 0.05) is 39.0 Å². The number of fused-ring (bicyclic) bond motifs is 1. The van der Waals surface area contributed by atoms with Crippen LogP contribution in [0.15, 0.2) is 34.9 Å². The third kappa shape index (κ3) is 3.77. The number of oxazole rings is 1. The molecule has 0 bridgehead atoms. The SMILES string of the molecule is Cc1nc(CN2CC[C@@]3(C)[C@@H]2CCC(=O)N3Cc2ccc(C(F)(F)F)cc2)co1. The molecule has 2 atom stereocenters. The number of alkyl halides is 3. The standard InChI is InChI=1S/C21H24F3N3O2/c1-14-25-17(13-29-14)12-26-10-9-20(2)18(26)7-8-19(28)27(20)11-15-3-5-16(6-4-15)21(22,23)24/h3-6,13,18H,7-12H2,1-2H3/t18-,20-/m0/s1. The Bertz CT molecular complexity index is 893. The Hall–Kier alpha value is -2.35. The second-order valence-electron chi connectivity index (χ2n) is 8.16. The van der Waals surface area contributed by atoms with Crippen LogP contribution in [0.2, 0.25) is 0 Å². The van der Waals surface area contributed by atoms with Crippen LogP contribution >= 0.6 is 0 Å². The molecule has 5 nitrogen and oxygen atoms in total. The van der Waals surface area contributed by atoms with Crippen molar-refractivity contribution in [3.63, 3.8) is 0 Å². The van der Waals surface area contributed by atoms with Crippen LogP contribution in [0.3, 0.4) is 0 Å². The topological polar surface area (TPSA) is 49.6 Å². The van der Waals surface area contributed by atoms with Gasteiger partial charge in [-0.1, -0.05) is 12.1 Å². The van der Waals surface area contributed by atoms with Crippen LogP contribution in [0.5, 0.6) is 0 Å². The highest BCUT2D eigenvalue weighted by molar-refractivity contribution is 5.78. The number of aromatic nitrogens is 1. The third-order valence-corrected chi connectivity index (χ3v) is 6.27. The van der Waals surface area contributed by atoms with E-state index in [9.17, 15) is 18.0 Å². The zero-order valence-corrected chi connectivity index (χ0v) is 16.5. The van der Waals surface area contributed by atoms with Crippen molar-refractivity contribution in [2.24, 2.45) is 0 Å². The minimum Gasteiger partial charge on any atom is -0.449 e. The number of halogens is 3. The summed E-state index contributed by atoms with van der Waals surface area (Å²) in [5.41, 5.74) is 0.554. The Labute approximate surface area is 167 Å². The highest BCUT2D eigenvalue weighted by atomic mass is 19.4. The molecule has 1 aromatic heterocycles. The number of piperidine rings is 1. The molecule has 0 radical (unpaired) electrons. The number of aryl methyl sites for hydroxylation is 1. The van der Waals surface area contributed by atoms with Gasteiger partial charge in [-0.3, -0.25) is 9.69 Å². The van der Waals surface area contributed by atoms with Crippen molar-refractivity contribution >= 4 is 5.91 Å². The maximum atomic E-state index is 12.8. The van der Waals surface area contributed by atoms with Gasteiger partial charge in [-0.25, -0.2) is 4.98 Å². The Morgan fingerprint density at radius 2 is 1.97 bits per heavy atom. The van der Waals surface area contributed by atoms with Gasteiger partial charge in [0.05, 0.1) is 16.8 Å². The van der Waals surface area contributed by atoms with Crippen molar-refractivity contribution in [3.05, 3.63) is 53.2 Å². The van der Waals surface area contributed by atoms with Crippen LogP contribution in [0.4, 0.5) is 13.2 Å². The average Bonchev–Trinajstić information content (AvgIpc) is 3.21. The molecular weight excluding hydrogens is 383 g/mol. The van der Waals surface area contributed by atoms with Crippen molar-refractivity contribution in [2.75, 3.05) is 6.54 Å². The molecule has 3 heterocycles. The quantitative estimate of drug-likeness (QED) is 0.764. The van der Waals surface area contributed by atoms with Gasteiger partial charge in [-0.15, -0.1) is 0 Å². The minimum atomic E-state index is -4.36. The lowest BCUT2D eigenvalue weighted by molar-refractivity contribution is -0.144. The van der Waals surface area contributed by atoms with Gasteiger partial charge >= 0.3 is 6.18 Å². The molecule has 2 aliphatic rings. The Kier molecular flexibility index (Phi) is 4.93. The molecule has 0 saturated carbocycles. The van der Waals surface area contributed by atoms with Crippen LogP contribution in [-0.4, -0.2) is 38.8 Å². The molecule has 2 aromatic rings. The van der Waals surface area contributed by atoms with Crippen LogP contribution < -0.4 is 0 Å². The number of carbonyl (C=O) groups is 1. The van der Waals surface area contributed by atoms with E-state index in [1.807, 2.05) is 11.8 Å². The molecule has 1 aromatic carbocycles. The highest BCUT2D eigenvalue weighted by Gasteiger charge is 2.52. The average molecular weight is 407 g/mol. The molecule has 0 aliphatic carbocycles. The first kappa shape index (κ1) is 19.9. The van der Waals surface area contributed by atoms with Crippen molar-refractivity contribution in [1.29, 1.82) is 0 Å². The van der Waals surface area contributed by atoms with Crippen molar-refractivity contribution in [2.45, 2.75) is 64.0 Å². The van der Waals surface area contributed by atoms with E-state index in [4.69, 9.17) is 4.42 Å². The summed E-state index contributed by atoms with van der Waals surface area (Å²) in [6, 6.07) is 5.28. The smallest absolute Gasteiger partial charge is 0.416 e. The van der Waals surface area contributed by atoms with E-state index >= 15 is 0 Å². The fourth-order valence-corrected chi connectivity index (χ4v) is 4.70. The Balaban J connectivity index is 1.52. The van der Waals surface area contributed by atoms with Gasteiger partial charge in [-0.2, -0.15) is 13.2 Å². The highest BCUT2D eigenvalue weighted by Crippen LogP contribution is 2.42. The second kappa shape index (κ2) is 7.16. The third-order valence-electron chi connectivity index (χ3n) is 6.27. The maximum absolute atomic E-state index is 12.8. The first-order chi connectivity index (χ1) is 13.7. The fraction of sp³-hybridized carbons (Fsp3) is 0.524. The van der Waals surface area contributed by atoms with Gasteiger partial charge in [0.1, 0.15) is 6.26 Å². The number of likely N-dealkylation sites (tertiary alicyclic amines) is 2. The van der Waals surface area contributed by atoms with E-state index < -0.39 is 11.7 Å². The zero-order chi connectivity index (χ0) is 20.8. The van der Waals surface area contributed by atoms with Crippen LogP contribution in [0, 0.1) is 6.92 Å². The Morgan fingerprint density at radius 1 is 1.24 bits per heavy atom. The number of amides is 1. The predicted molar refractivity (Wildman–Crippen MR) is 99.7 cm³/mol. The Morgan fingerprint density at radius 3 is 2.59 bits per heavy atom. The minimum absolute atomic E-state index is 0.0581. The first-order valence-corrected chi connectivity index (χ1v) is 9.78. The first-order valence-electron chi connectivity index (χ1n) is 9.78. The summed E-state index contributed by atoms with van der Waals surface area (Å²) in [6.07, 6.45) is -0.660. The molecule has 8 heteroatoms. The van der Waals surface area contributed by atoms with Crippen LogP contribution in [0.1, 0.15) is 48.9 Å². The van der Waals surface area contributed by atoms with Gasteiger partial charge in [0.25, 0.3) is 0 Å². The largest absolute Gasteiger partial charge is 0.449 e. The molecule has 0 N–H and O–H groups in total. The van der Waals surface area contributed by atoms with E-state index in [-0.39, 0.29) is 17.5 Å². The number of nitrogens with zero attached hydrogens (tertiary/aromatic N) is 3. The molecule has 2 fully saturated rings. The lowest BCUT2D eigenvalue weighted by atomic mass is 9.83. The molecule has 156 valence electrons. The van der Waals surface area contributed by atoms with Gasteiger partial charge < -0.3 is 9.32 Å². The molecule has 1 amide bonds. The lowest BCUT2D eigenvalue weighted by Crippen LogP contribution is -2.59. The summed E-state index contributed by atoms with van der Waals surface area (Å²) < 4.78 is 43.8. The number of carbonyl (C=O) groups excluding carboxylic acids is 1. The van der Waals surface area contributed by atoms with Gasteiger partial charge in [-0.05, 0) is 37.5 Å². The molecule has 2 saturated heterocycles. The molecule has 4 rings (SSSR count). The van der Waals surface area contributed by atoms with E-state index in [1.54, 1.807) is 6.26 Å². The van der Waals surface area contributed by atoms with Crippen LogP contribution in [0.25, 0.3) is 0 Å². The number of benzene rings is 1. The fourth-order valence-electron chi connectivity index (χ4n) is 4.70. The van der Waals surface area contributed by atoms with E-state index in [0.29, 0.717) is 31.0 Å². The monoisotopic (exact) mass is 407 g/mol. The summed E-state index contributed by atoms with van der Waals surface area (Å²) in [5.74, 6) is 0.687. The zero-order valence-electron chi connectivity index (χ0n) is 16.5. The molecule has 29 heavy (non-hydrogen) atoms. The van der Waals surface area contributed by atoms with Crippen molar-refractivity contribution in [1.82, 2.24) is 14.8 Å². The van der Waals surface area contributed by atoms with E-state index in [2.05, 4.69) is 16.8 Å². The summed E-state index contributed by atoms with van der Waals surface area (Å²) in [5, 5.41) is 0. The number of rotatable bonds is 4. The second-order valence-corrected chi connectivity index (χ2v) is 8.16. The maximum Gasteiger partial charge on any atom is 0.416 e. The van der Waals surface area contributed by atoms with E-state index in [1.165, 1.54) is 12.1 Å². The summed E-state index contributed by atoms with van der Waals surface area (Å²) >= 11 is 0. The van der Waals surface area contributed by atoms with Crippen molar-refractivity contribution < 1.29 is 22.4 Å². The van der Waals surface area contributed by atoms with Crippen molar-refractivity contribution in [3.8, 4) is 0 Å². The molecule has 2 aliphatic heterocycles. The van der Waals surface area contributed by atoms with Gasteiger partial charge in [0.2, 0.25) is 5.91 Å². The van der Waals surface area contributed by atoms with E-state index in [0.717, 1.165) is 37.2 Å². The summed E-state index contributed by atoms with van der Waals surface area (Å²) in [6.45, 7) is 5.72. The number of hydrogen-bond acceptors (Lipinski definition) is 4. The summed E-state index contributed by atoms with van der Waals surface area (Å²) in [4.78, 5) is 21.3. The molecule has 0 unspecified atom stereocenters. The predicted octanol–water partition coefficient (Wildman–Crippen LogP) is 4.16. The normalized spacial score (nSPS) is 25.5.